The van der Waals surface area contributed by atoms with E-state index in [1.165, 1.54) is 62.6 Å². The van der Waals surface area contributed by atoms with Gasteiger partial charge in [-0.1, -0.05) is 23.7 Å². The molecule has 12 heteroatoms. The highest BCUT2D eigenvalue weighted by molar-refractivity contribution is 7.89. The predicted molar refractivity (Wildman–Crippen MR) is 114 cm³/mol. The van der Waals surface area contributed by atoms with E-state index in [4.69, 9.17) is 16.3 Å². The van der Waals surface area contributed by atoms with E-state index in [0.29, 0.717) is 5.56 Å². The van der Waals surface area contributed by atoms with Crippen LogP contribution in [0.25, 0.3) is 6.08 Å². The van der Waals surface area contributed by atoms with Crippen molar-refractivity contribution in [1.82, 2.24) is 4.31 Å². The number of hydrogen-bond acceptors (Lipinski definition) is 6. The topological polar surface area (TPSA) is 102 Å². The number of nitrogens with zero attached hydrogens (tertiary/aromatic N) is 1. The van der Waals surface area contributed by atoms with Crippen LogP contribution in [0.2, 0.25) is 5.02 Å². The number of ether oxygens (including phenoxy) is 2. The first kappa shape index (κ1) is 25.2. The van der Waals surface area contributed by atoms with Gasteiger partial charge in [0.05, 0.1) is 15.6 Å². The maximum atomic E-state index is 12.2. The normalized spacial score (nSPS) is 11.7. The summed E-state index contributed by atoms with van der Waals surface area (Å²) in [7, 11) is -1.01. The zero-order valence-electron chi connectivity index (χ0n) is 16.9. The molecule has 0 atom stereocenters. The molecule has 0 aliphatic heterocycles. The van der Waals surface area contributed by atoms with E-state index >= 15 is 0 Å². The first-order valence-electron chi connectivity index (χ1n) is 8.90. The molecule has 0 aliphatic rings. The highest BCUT2D eigenvalue weighted by Crippen LogP contribution is 2.26. The standard InChI is InChI=1S/C20H19ClF2N2O6S/c1-25(2)32(28,29)15-8-9-16(21)17(11-15)24-18(26)12-30-19(27)10-5-13-3-6-14(7-4-13)31-20(22)23/h3-11,20H,12H2,1-2H3,(H,24,26)/b10-5+. The van der Waals surface area contributed by atoms with Crippen LogP contribution in [0.3, 0.4) is 0 Å². The molecule has 1 amide bonds. The Labute approximate surface area is 188 Å². The monoisotopic (exact) mass is 488 g/mol. The molecule has 0 saturated heterocycles. The van der Waals surface area contributed by atoms with Crippen molar-refractivity contribution in [3.8, 4) is 5.75 Å². The van der Waals surface area contributed by atoms with Gasteiger partial charge in [-0.05, 0) is 42.0 Å². The molecule has 1 N–H and O–H groups in total. The lowest BCUT2D eigenvalue weighted by Gasteiger charge is -2.13. The summed E-state index contributed by atoms with van der Waals surface area (Å²) in [6.07, 6.45) is 2.41. The molecule has 2 aromatic rings. The number of carbonyl (C=O) groups is 2. The smallest absolute Gasteiger partial charge is 0.387 e. The first-order valence-corrected chi connectivity index (χ1v) is 10.7. The second-order valence-electron chi connectivity index (χ2n) is 6.37. The highest BCUT2D eigenvalue weighted by atomic mass is 35.5. The number of halogens is 3. The number of anilines is 1. The maximum absolute atomic E-state index is 12.2. The van der Waals surface area contributed by atoms with E-state index in [1.54, 1.807) is 0 Å². The van der Waals surface area contributed by atoms with E-state index in [0.717, 1.165) is 10.4 Å². The Kier molecular flexibility index (Phi) is 8.70. The van der Waals surface area contributed by atoms with E-state index in [1.807, 2.05) is 0 Å². The summed E-state index contributed by atoms with van der Waals surface area (Å²) < 4.78 is 58.7. The molecule has 172 valence electrons. The summed E-state index contributed by atoms with van der Waals surface area (Å²) >= 11 is 6.00. The molecule has 0 fully saturated rings. The molecule has 0 aliphatic carbocycles. The highest BCUT2D eigenvalue weighted by Gasteiger charge is 2.19. The average molecular weight is 489 g/mol. The molecule has 32 heavy (non-hydrogen) atoms. The largest absolute Gasteiger partial charge is 0.452 e. The van der Waals surface area contributed by atoms with Crippen molar-refractivity contribution >= 4 is 45.3 Å². The lowest BCUT2D eigenvalue weighted by Crippen LogP contribution is -2.23. The first-order chi connectivity index (χ1) is 15.0. The second-order valence-corrected chi connectivity index (χ2v) is 8.92. The molecule has 2 rings (SSSR count). The molecular formula is C20H19ClF2N2O6S. The Morgan fingerprint density at radius 3 is 2.41 bits per heavy atom. The Bertz CT molecular complexity index is 1110. The van der Waals surface area contributed by atoms with Crippen molar-refractivity contribution in [1.29, 1.82) is 0 Å². The van der Waals surface area contributed by atoms with Gasteiger partial charge in [0.15, 0.2) is 6.61 Å². The van der Waals surface area contributed by atoms with Gasteiger partial charge < -0.3 is 14.8 Å². The maximum Gasteiger partial charge on any atom is 0.387 e. The number of nitrogens with one attached hydrogen (secondary N) is 1. The van der Waals surface area contributed by atoms with E-state index < -0.39 is 35.1 Å². The molecular weight excluding hydrogens is 470 g/mol. The molecule has 0 bridgehead atoms. The number of rotatable bonds is 9. The third-order valence-corrected chi connectivity index (χ3v) is 5.99. The van der Waals surface area contributed by atoms with Crippen LogP contribution < -0.4 is 10.1 Å². The number of carbonyl (C=O) groups excluding carboxylic acids is 2. The molecule has 0 unspecified atom stereocenters. The van der Waals surface area contributed by atoms with Gasteiger partial charge in [-0.2, -0.15) is 8.78 Å². The van der Waals surface area contributed by atoms with E-state index in [9.17, 15) is 26.8 Å². The van der Waals surface area contributed by atoms with E-state index in [2.05, 4.69) is 10.1 Å². The van der Waals surface area contributed by atoms with Crippen LogP contribution in [0.4, 0.5) is 14.5 Å². The predicted octanol–water partition coefficient (Wildman–Crippen LogP) is 3.39. The Balaban J connectivity index is 1.93. The van der Waals surface area contributed by atoms with Crippen molar-refractivity contribution in [3.05, 3.63) is 59.1 Å². The number of amides is 1. The van der Waals surface area contributed by atoms with Crippen molar-refractivity contribution in [2.24, 2.45) is 0 Å². The SMILES string of the molecule is CN(C)S(=O)(=O)c1ccc(Cl)c(NC(=O)COC(=O)/C=C/c2ccc(OC(F)F)cc2)c1. The molecule has 0 saturated carbocycles. The van der Waals surface area contributed by atoms with Crippen molar-refractivity contribution in [3.63, 3.8) is 0 Å². The van der Waals surface area contributed by atoms with Crippen molar-refractivity contribution < 1.29 is 36.3 Å². The summed E-state index contributed by atoms with van der Waals surface area (Å²) in [5, 5.41) is 2.48. The number of benzene rings is 2. The minimum absolute atomic E-state index is 0.0301. The third kappa shape index (κ3) is 7.29. The number of sulfonamides is 1. The Hall–Kier alpha value is -3.02. The van der Waals surface area contributed by atoms with Crippen LogP contribution in [0.5, 0.6) is 5.75 Å². The molecule has 0 aromatic heterocycles. The van der Waals surface area contributed by atoms with Crippen LogP contribution in [0.15, 0.2) is 53.4 Å². The van der Waals surface area contributed by atoms with E-state index in [-0.39, 0.29) is 21.4 Å². The van der Waals surface area contributed by atoms with Crippen LogP contribution in [-0.4, -0.2) is 51.9 Å². The van der Waals surface area contributed by atoms with Gasteiger partial charge in [0, 0.05) is 20.2 Å². The van der Waals surface area contributed by atoms with Crippen molar-refractivity contribution in [2.75, 3.05) is 26.0 Å². The van der Waals surface area contributed by atoms with Crippen LogP contribution in [-0.2, 0) is 24.3 Å². The summed E-state index contributed by atoms with van der Waals surface area (Å²) in [6, 6.07) is 9.32. The second kappa shape index (κ2) is 11.0. The molecule has 0 spiro atoms. The Morgan fingerprint density at radius 1 is 1.16 bits per heavy atom. The van der Waals surface area contributed by atoms with Gasteiger partial charge in [-0.15, -0.1) is 0 Å². The van der Waals surface area contributed by atoms with Gasteiger partial charge in [0.2, 0.25) is 10.0 Å². The molecule has 0 radical (unpaired) electrons. The number of esters is 1. The summed E-state index contributed by atoms with van der Waals surface area (Å²) in [5.41, 5.74) is 0.552. The molecule has 0 heterocycles. The lowest BCUT2D eigenvalue weighted by molar-refractivity contribution is -0.142. The fraction of sp³-hybridized carbons (Fsp3) is 0.200. The summed E-state index contributed by atoms with van der Waals surface area (Å²) in [5.74, 6) is -1.60. The molecule has 8 nitrogen and oxygen atoms in total. The van der Waals surface area contributed by atoms with Gasteiger partial charge >= 0.3 is 12.6 Å². The van der Waals surface area contributed by atoms with Crippen LogP contribution in [0, 0.1) is 0 Å². The van der Waals surface area contributed by atoms with Crippen LogP contribution in [0.1, 0.15) is 5.56 Å². The zero-order chi connectivity index (χ0) is 23.9. The van der Waals surface area contributed by atoms with Gasteiger partial charge in [0.25, 0.3) is 5.91 Å². The quantitative estimate of drug-likeness (QED) is 0.429. The number of alkyl halides is 2. The third-order valence-electron chi connectivity index (χ3n) is 3.85. The molecule has 2 aromatic carbocycles. The Morgan fingerprint density at radius 2 is 1.81 bits per heavy atom. The fourth-order valence-corrected chi connectivity index (χ4v) is 3.36. The van der Waals surface area contributed by atoms with Crippen molar-refractivity contribution in [2.45, 2.75) is 11.5 Å². The van der Waals surface area contributed by atoms with Gasteiger partial charge in [0.1, 0.15) is 5.75 Å². The lowest BCUT2D eigenvalue weighted by atomic mass is 10.2. The van der Waals surface area contributed by atoms with Gasteiger partial charge in [-0.25, -0.2) is 17.5 Å². The summed E-state index contributed by atoms with van der Waals surface area (Å²) in [6.45, 7) is -3.59. The fourth-order valence-electron chi connectivity index (χ4n) is 2.27. The zero-order valence-corrected chi connectivity index (χ0v) is 18.5. The average Bonchev–Trinajstić information content (AvgIpc) is 2.72. The summed E-state index contributed by atoms with van der Waals surface area (Å²) in [4.78, 5) is 23.8. The minimum atomic E-state index is -3.74. The minimum Gasteiger partial charge on any atom is -0.452 e. The number of hydrogen-bond donors (Lipinski definition) is 1. The van der Waals surface area contributed by atoms with Crippen LogP contribution >= 0.6 is 11.6 Å². The van der Waals surface area contributed by atoms with Gasteiger partial charge in [-0.3, -0.25) is 4.79 Å².